The summed E-state index contributed by atoms with van der Waals surface area (Å²) < 4.78 is 0. The van der Waals surface area contributed by atoms with Crippen molar-refractivity contribution in [2.24, 2.45) is 5.73 Å². The maximum Gasteiger partial charge on any atom is 0.240 e. The number of hydrogen-bond donors (Lipinski definition) is 2. The second kappa shape index (κ2) is 5.75. The minimum Gasteiger partial charge on any atom is -0.354 e. The Morgan fingerprint density at radius 1 is 1.53 bits per heavy atom. The molecule has 1 aliphatic rings. The molecule has 1 saturated carbocycles. The van der Waals surface area contributed by atoms with Gasteiger partial charge in [-0.05, 0) is 25.5 Å². The molecule has 3 N–H and O–H groups in total. The molecule has 1 aliphatic carbocycles. The highest BCUT2D eigenvalue weighted by Gasteiger charge is 2.36. The third kappa shape index (κ3) is 3.68. The van der Waals surface area contributed by atoms with Crippen molar-refractivity contribution in [3.05, 3.63) is 0 Å². The number of hydrogen-bond acceptors (Lipinski definition) is 3. The highest BCUT2D eigenvalue weighted by atomic mass is 32.2. The molecule has 1 rings (SSSR count). The molecule has 1 amide bonds. The molecule has 0 aromatic carbocycles. The van der Waals surface area contributed by atoms with E-state index in [-0.39, 0.29) is 5.91 Å². The summed E-state index contributed by atoms with van der Waals surface area (Å²) in [4.78, 5) is 11.8. The van der Waals surface area contributed by atoms with Crippen LogP contribution in [0.1, 0.15) is 39.0 Å². The van der Waals surface area contributed by atoms with Gasteiger partial charge in [-0.1, -0.05) is 19.8 Å². The average molecular weight is 230 g/mol. The van der Waals surface area contributed by atoms with Crippen molar-refractivity contribution in [1.29, 1.82) is 0 Å². The molecule has 0 aliphatic heterocycles. The first-order chi connectivity index (χ1) is 7.08. The standard InChI is InChI=1S/C11H22N2OS/c1-9(15-2)5-8-13-10(14)11(12)6-3-4-7-11/h9H,3-8,12H2,1-2H3,(H,13,14). The summed E-state index contributed by atoms with van der Waals surface area (Å²) in [5.74, 6) is 0.0494. The molecule has 1 fully saturated rings. The lowest BCUT2D eigenvalue weighted by molar-refractivity contribution is -0.126. The van der Waals surface area contributed by atoms with Crippen molar-refractivity contribution >= 4 is 17.7 Å². The van der Waals surface area contributed by atoms with E-state index < -0.39 is 5.54 Å². The molecule has 0 saturated heterocycles. The van der Waals surface area contributed by atoms with Crippen LogP contribution in [0.4, 0.5) is 0 Å². The van der Waals surface area contributed by atoms with E-state index in [1.807, 2.05) is 11.8 Å². The first-order valence-electron chi connectivity index (χ1n) is 5.68. The van der Waals surface area contributed by atoms with E-state index in [4.69, 9.17) is 5.73 Å². The Morgan fingerprint density at radius 2 is 2.13 bits per heavy atom. The highest BCUT2D eigenvalue weighted by Crippen LogP contribution is 2.27. The molecule has 0 heterocycles. The van der Waals surface area contributed by atoms with Crippen LogP contribution in [-0.2, 0) is 4.79 Å². The zero-order valence-electron chi connectivity index (χ0n) is 9.71. The first kappa shape index (κ1) is 12.8. The van der Waals surface area contributed by atoms with Crippen LogP contribution in [0.5, 0.6) is 0 Å². The van der Waals surface area contributed by atoms with Gasteiger partial charge in [0.2, 0.25) is 5.91 Å². The van der Waals surface area contributed by atoms with Crippen LogP contribution in [0.15, 0.2) is 0 Å². The first-order valence-corrected chi connectivity index (χ1v) is 6.97. The van der Waals surface area contributed by atoms with Crippen LogP contribution < -0.4 is 11.1 Å². The Morgan fingerprint density at radius 3 is 2.67 bits per heavy atom. The third-order valence-corrected chi connectivity index (χ3v) is 4.23. The van der Waals surface area contributed by atoms with Crippen molar-refractivity contribution in [2.75, 3.05) is 12.8 Å². The molecule has 0 spiro atoms. The van der Waals surface area contributed by atoms with E-state index in [0.29, 0.717) is 5.25 Å². The number of rotatable bonds is 5. The van der Waals surface area contributed by atoms with Gasteiger partial charge in [0.25, 0.3) is 0 Å². The Hall–Kier alpha value is -0.220. The third-order valence-electron chi connectivity index (χ3n) is 3.19. The van der Waals surface area contributed by atoms with Gasteiger partial charge >= 0.3 is 0 Å². The number of carbonyl (C=O) groups excluding carboxylic acids is 1. The fourth-order valence-electron chi connectivity index (χ4n) is 1.92. The van der Waals surface area contributed by atoms with E-state index >= 15 is 0 Å². The highest BCUT2D eigenvalue weighted by molar-refractivity contribution is 7.99. The molecule has 4 heteroatoms. The molecule has 0 bridgehead atoms. The van der Waals surface area contributed by atoms with Crippen molar-refractivity contribution in [3.8, 4) is 0 Å². The van der Waals surface area contributed by atoms with Gasteiger partial charge in [-0.15, -0.1) is 0 Å². The maximum atomic E-state index is 11.8. The Kier molecular flexibility index (Phi) is 4.93. The van der Waals surface area contributed by atoms with E-state index in [0.717, 1.165) is 38.6 Å². The van der Waals surface area contributed by atoms with Crippen molar-refractivity contribution in [2.45, 2.75) is 49.8 Å². The fourth-order valence-corrected chi connectivity index (χ4v) is 2.27. The number of carbonyl (C=O) groups is 1. The van der Waals surface area contributed by atoms with Gasteiger partial charge in [0, 0.05) is 11.8 Å². The second-order valence-electron chi connectivity index (χ2n) is 4.45. The van der Waals surface area contributed by atoms with Gasteiger partial charge in [-0.3, -0.25) is 4.79 Å². The van der Waals surface area contributed by atoms with Gasteiger partial charge in [0.05, 0.1) is 5.54 Å². The summed E-state index contributed by atoms with van der Waals surface area (Å²) in [6, 6.07) is 0. The second-order valence-corrected chi connectivity index (χ2v) is 5.73. The van der Waals surface area contributed by atoms with Crippen molar-refractivity contribution in [1.82, 2.24) is 5.32 Å². The predicted octanol–water partition coefficient (Wildman–Crippen LogP) is 1.52. The van der Waals surface area contributed by atoms with Crippen LogP contribution in [0.2, 0.25) is 0 Å². The number of thioether (sulfide) groups is 1. The summed E-state index contributed by atoms with van der Waals surface area (Å²) in [5, 5.41) is 3.55. The Balaban J connectivity index is 2.24. The minimum absolute atomic E-state index is 0.0494. The summed E-state index contributed by atoms with van der Waals surface area (Å²) in [6.07, 6.45) is 6.97. The molecule has 0 radical (unpaired) electrons. The summed E-state index contributed by atoms with van der Waals surface area (Å²) in [7, 11) is 0. The lowest BCUT2D eigenvalue weighted by Gasteiger charge is -2.22. The molecule has 3 nitrogen and oxygen atoms in total. The molecular weight excluding hydrogens is 208 g/mol. The van der Waals surface area contributed by atoms with Crippen molar-refractivity contribution in [3.63, 3.8) is 0 Å². The quantitative estimate of drug-likeness (QED) is 0.753. The van der Waals surface area contributed by atoms with Crippen LogP contribution >= 0.6 is 11.8 Å². The smallest absolute Gasteiger partial charge is 0.240 e. The molecule has 0 aromatic heterocycles. The van der Waals surface area contributed by atoms with Crippen LogP contribution in [0.3, 0.4) is 0 Å². The lowest BCUT2D eigenvalue weighted by atomic mass is 9.98. The van der Waals surface area contributed by atoms with Gasteiger partial charge < -0.3 is 11.1 Å². The fraction of sp³-hybridized carbons (Fsp3) is 0.909. The summed E-state index contributed by atoms with van der Waals surface area (Å²) in [5.41, 5.74) is 5.47. The van der Waals surface area contributed by atoms with Gasteiger partial charge in [-0.2, -0.15) is 11.8 Å². The van der Waals surface area contributed by atoms with E-state index in [2.05, 4.69) is 18.5 Å². The number of amides is 1. The maximum absolute atomic E-state index is 11.8. The Bertz CT molecular complexity index is 215. The molecule has 15 heavy (non-hydrogen) atoms. The summed E-state index contributed by atoms with van der Waals surface area (Å²) >= 11 is 1.83. The largest absolute Gasteiger partial charge is 0.354 e. The lowest BCUT2D eigenvalue weighted by Crippen LogP contribution is -2.52. The van der Waals surface area contributed by atoms with E-state index in [9.17, 15) is 4.79 Å². The topological polar surface area (TPSA) is 55.1 Å². The zero-order chi connectivity index (χ0) is 11.3. The normalized spacial score (nSPS) is 21.3. The predicted molar refractivity (Wildman–Crippen MR) is 66.0 cm³/mol. The van der Waals surface area contributed by atoms with Crippen LogP contribution in [0.25, 0.3) is 0 Å². The zero-order valence-corrected chi connectivity index (χ0v) is 10.5. The van der Waals surface area contributed by atoms with Crippen LogP contribution in [-0.4, -0.2) is 29.5 Å². The number of nitrogens with one attached hydrogen (secondary N) is 1. The molecule has 0 aromatic rings. The SMILES string of the molecule is CSC(C)CCNC(=O)C1(N)CCCC1. The van der Waals surface area contributed by atoms with Crippen molar-refractivity contribution < 1.29 is 4.79 Å². The average Bonchev–Trinajstić information content (AvgIpc) is 2.66. The monoisotopic (exact) mass is 230 g/mol. The van der Waals surface area contributed by atoms with Gasteiger partial charge in [0.1, 0.15) is 0 Å². The molecular formula is C11H22N2OS. The van der Waals surface area contributed by atoms with Gasteiger partial charge in [-0.25, -0.2) is 0 Å². The molecule has 1 atom stereocenters. The molecule has 1 unspecified atom stereocenters. The molecule has 88 valence electrons. The van der Waals surface area contributed by atoms with Gasteiger partial charge in [0.15, 0.2) is 0 Å². The Labute approximate surface area is 96.6 Å². The minimum atomic E-state index is -0.567. The summed E-state index contributed by atoms with van der Waals surface area (Å²) in [6.45, 7) is 2.92. The van der Waals surface area contributed by atoms with Crippen LogP contribution in [0, 0.1) is 0 Å². The van der Waals surface area contributed by atoms with E-state index in [1.54, 1.807) is 0 Å². The number of nitrogens with two attached hydrogens (primary N) is 1. The van der Waals surface area contributed by atoms with E-state index in [1.165, 1.54) is 0 Å².